The number of benzene rings is 1. The molecule has 0 spiro atoms. The van der Waals surface area contributed by atoms with Crippen LogP contribution < -0.4 is 9.20 Å². The Kier molecular flexibility index (Phi) is 3.46. The van der Waals surface area contributed by atoms with Crippen LogP contribution in [0.2, 0.25) is 0 Å². The van der Waals surface area contributed by atoms with E-state index in [2.05, 4.69) is 32.4 Å². The third-order valence-corrected chi connectivity index (χ3v) is 8.91. The zero-order valence-corrected chi connectivity index (χ0v) is 15.4. The second-order valence-corrected chi connectivity index (χ2v) is 10.3. The summed E-state index contributed by atoms with van der Waals surface area (Å²) in [5.41, 5.74) is 1.98. The molecule has 0 aliphatic heterocycles. The summed E-state index contributed by atoms with van der Waals surface area (Å²) >= 11 is 3.68. The molecule has 1 radical (unpaired) electrons. The van der Waals surface area contributed by atoms with Crippen molar-refractivity contribution in [3.8, 4) is 5.75 Å². The molecule has 0 heterocycles. The molecule has 0 atom stereocenters. The minimum atomic E-state index is 0.446. The van der Waals surface area contributed by atoms with Crippen molar-refractivity contribution < 1.29 is 4.74 Å². The molecule has 1 aromatic carbocycles. The van der Waals surface area contributed by atoms with Crippen LogP contribution in [0.5, 0.6) is 5.75 Å². The van der Waals surface area contributed by atoms with E-state index in [-0.39, 0.29) is 0 Å². The van der Waals surface area contributed by atoms with Crippen LogP contribution in [-0.4, -0.2) is 34.4 Å². The monoisotopic (exact) mass is 401 g/mol. The van der Waals surface area contributed by atoms with Gasteiger partial charge in [-0.2, -0.15) is 0 Å². The zero-order chi connectivity index (χ0) is 13.7. The van der Waals surface area contributed by atoms with Crippen molar-refractivity contribution in [3.63, 3.8) is 0 Å². The van der Waals surface area contributed by atoms with Crippen molar-refractivity contribution in [3.05, 3.63) is 23.8 Å². The van der Waals surface area contributed by atoms with E-state index in [0.29, 0.717) is 18.5 Å². The molecule has 4 aliphatic rings. The van der Waals surface area contributed by atoms with Crippen molar-refractivity contribution in [2.45, 2.75) is 43.9 Å². The van der Waals surface area contributed by atoms with Gasteiger partial charge in [-0.25, -0.2) is 0 Å². The molecule has 4 saturated carbocycles. The molecule has 0 saturated heterocycles. The van der Waals surface area contributed by atoms with Gasteiger partial charge >= 0.3 is 135 Å². The first kappa shape index (κ1) is 13.7. The van der Waals surface area contributed by atoms with Gasteiger partial charge in [-0.3, -0.25) is 0 Å². The average Bonchev–Trinajstić information content (AvgIpc) is 2.45. The second-order valence-electron chi connectivity index (χ2n) is 7.14. The van der Waals surface area contributed by atoms with Crippen molar-refractivity contribution in [2.24, 2.45) is 17.8 Å². The Hall–Kier alpha value is 0.0590. The normalized spacial score (nSPS) is 38.2. The number of ether oxygens (including phenoxy) is 1. The molecule has 1 nitrogen and oxygen atoms in total. The fraction of sp³-hybridized carbons (Fsp3) is 0.647. The number of rotatable bonds is 3. The van der Waals surface area contributed by atoms with Crippen molar-refractivity contribution in [1.82, 2.24) is 0 Å². The Morgan fingerprint density at radius 1 is 1.10 bits per heavy atom. The molecule has 0 N–H and O–H groups in total. The number of hydrogen-bond acceptors (Lipinski definition) is 1. The fourth-order valence-corrected chi connectivity index (χ4v) is 7.33. The summed E-state index contributed by atoms with van der Waals surface area (Å²) < 4.78 is 7.21. The van der Waals surface area contributed by atoms with Crippen LogP contribution in [0.1, 0.15) is 44.1 Å². The van der Waals surface area contributed by atoms with Crippen LogP contribution in [0.3, 0.4) is 0 Å². The molecule has 0 amide bonds. The van der Waals surface area contributed by atoms with Gasteiger partial charge in [0.05, 0.1) is 0 Å². The molecule has 3 heteroatoms. The molecule has 1 aromatic rings. The Morgan fingerprint density at radius 3 is 2.20 bits per heavy atom. The summed E-state index contributed by atoms with van der Waals surface area (Å²) in [5, 5.41) is 0. The van der Waals surface area contributed by atoms with Gasteiger partial charge in [0.25, 0.3) is 0 Å². The second kappa shape index (κ2) is 5.06. The van der Waals surface area contributed by atoms with Gasteiger partial charge < -0.3 is 0 Å². The summed E-state index contributed by atoms with van der Waals surface area (Å²) in [6.07, 6.45) is 8.77. The molecule has 20 heavy (non-hydrogen) atoms. The number of methoxy groups -OCH3 is 1. The van der Waals surface area contributed by atoms with Gasteiger partial charge in [0.1, 0.15) is 0 Å². The van der Waals surface area contributed by atoms with E-state index in [9.17, 15) is 0 Å². The Bertz CT molecular complexity index is 490. The van der Waals surface area contributed by atoms with E-state index in [1.54, 1.807) is 0 Å². The van der Waals surface area contributed by atoms with Crippen molar-refractivity contribution in [2.75, 3.05) is 7.11 Å². The average molecular weight is 399 g/mol. The molecular weight excluding hydrogens is 378 g/mol. The third kappa shape index (κ3) is 2.10. The summed E-state index contributed by atoms with van der Waals surface area (Å²) in [6, 6.07) is 6.91. The van der Waals surface area contributed by atoms with Gasteiger partial charge in [0.2, 0.25) is 0 Å². The van der Waals surface area contributed by atoms with Gasteiger partial charge in [-0.15, -0.1) is 0 Å². The van der Waals surface area contributed by atoms with Crippen LogP contribution in [0.4, 0.5) is 0 Å². The maximum atomic E-state index is 5.73. The van der Waals surface area contributed by atoms with Crippen LogP contribution in [-0.2, 0) is 5.41 Å². The predicted molar refractivity (Wildman–Crippen MR) is 84.0 cm³/mol. The van der Waals surface area contributed by atoms with E-state index in [1.165, 1.54) is 48.6 Å². The van der Waals surface area contributed by atoms with Crippen LogP contribution in [0.15, 0.2) is 18.2 Å². The molecule has 4 aliphatic carbocycles. The topological polar surface area (TPSA) is 9.23 Å². The van der Waals surface area contributed by atoms with E-state index in [0.717, 1.165) is 23.5 Å². The summed E-state index contributed by atoms with van der Waals surface area (Å²) in [6.45, 7) is 0. The molecule has 0 unspecified atom stereocenters. The molecule has 4 bridgehead atoms. The van der Waals surface area contributed by atoms with Gasteiger partial charge in [-0.05, 0) is 0 Å². The Balaban J connectivity index is 1.79. The Labute approximate surface area is 134 Å². The first-order valence-electron chi connectivity index (χ1n) is 7.71. The minimum absolute atomic E-state index is 0.446. The van der Waals surface area contributed by atoms with E-state index < -0.39 is 0 Å². The first-order chi connectivity index (χ1) is 9.72. The maximum absolute atomic E-state index is 5.73. The molecule has 5 rings (SSSR count). The molecular formula is C17H21OSe2. The van der Waals surface area contributed by atoms with Gasteiger partial charge in [0, 0.05) is 0 Å². The van der Waals surface area contributed by atoms with Gasteiger partial charge in [-0.1, -0.05) is 0 Å². The summed E-state index contributed by atoms with van der Waals surface area (Å²) in [5.74, 6) is 4.12. The van der Waals surface area contributed by atoms with E-state index >= 15 is 0 Å². The van der Waals surface area contributed by atoms with E-state index in [1.807, 2.05) is 7.11 Å². The van der Waals surface area contributed by atoms with Crippen molar-refractivity contribution >= 4 is 31.8 Å². The quantitative estimate of drug-likeness (QED) is 0.711. The predicted octanol–water partition coefficient (Wildman–Crippen LogP) is 2.58. The van der Waals surface area contributed by atoms with Crippen LogP contribution >= 0.6 is 0 Å². The van der Waals surface area contributed by atoms with E-state index in [4.69, 9.17) is 4.74 Å². The molecule has 4 fully saturated rings. The molecule has 107 valence electrons. The SMILES string of the molecule is COc1ccc([Se][Se])cc1C12CC3CC(CC(C3)C1)C2. The first-order valence-corrected chi connectivity index (χ1v) is 12.9. The van der Waals surface area contributed by atoms with Crippen LogP contribution in [0, 0.1) is 17.8 Å². The summed E-state index contributed by atoms with van der Waals surface area (Å²) in [7, 11) is 1.84. The van der Waals surface area contributed by atoms with Crippen molar-refractivity contribution in [1.29, 1.82) is 0 Å². The molecule has 0 aromatic heterocycles. The third-order valence-electron chi connectivity index (χ3n) is 5.88. The Morgan fingerprint density at radius 2 is 1.70 bits per heavy atom. The zero-order valence-electron chi connectivity index (χ0n) is 11.9. The fourth-order valence-electron chi connectivity index (χ4n) is 5.59. The summed E-state index contributed by atoms with van der Waals surface area (Å²) in [4.78, 5) is 0. The van der Waals surface area contributed by atoms with Gasteiger partial charge in [0.15, 0.2) is 0 Å². The van der Waals surface area contributed by atoms with Crippen LogP contribution in [0.25, 0.3) is 0 Å². The number of hydrogen-bond donors (Lipinski definition) is 0. The standard InChI is InChI=1S/C17H21OSe2/c1-18-16-3-2-14(20-19)7-15(16)17-8-11-4-12(9-17)6-13(5-11)10-17/h2-3,7,11-13H,4-6,8-10H2,1H3.